The minimum Gasteiger partial charge on any atom is -0.338 e. The Labute approximate surface area is 96.5 Å². The van der Waals surface area contributed by atoms with Crippen molar-refractivity contribution in [2.75, 3.05) is 12.3 Å². The van der Waals surface area contributed by atoms with Crippen molar-refractivity contribution in [1.82, 2.24) is 10.6 Å². The van der Waals surface area contributed by atoms with Crippen molar-refractivity contribution in [1.29, 1.82) is 0 Å². The predicted octanol–water partition coefficient (Wildman–Crippen LogP) is 0.752. The van der Waals surface area contributed by atoms with Crippen molar-refractivity contribution in [3.05, 3.63) is 0 Å². The molecule has 0 spiro atoms. The third-order valence-electron chi connectivity index (χ3n) is 1.60. The van der Waals surface area contributed by atoms with Crippen LogP contribution in [0.1, 0.15) is 33.6 Å². The molecular weight excluding hydrogens is 232 g/mol. The lowest BCUT2D eigenvalue weighted by molar-refractivity contribution is 0.232. The van der Waals surface area contributed by atoms with Crippen LogP contribution in [0.2, 0.25) is 0 Å². The number of urea groups is 1. The number of hydrogen-bond donors (Lipinski definition) is 3. The molecule has 7 heteroatoms. The summed E-state index contributed by atoms with van der Waals surface area (Å²) in [4.78, 5) is 11.2. The van der Waals surface area contributed by atoms with E-state index in [2.05, 4.69) is 10.6 Å². The number of hydrogen-bond acceptors (Lipinski definition) is 3. The molecule has 0 aliphatic carbocycles. The van der Waals surface area contributed by atoms with E-state index in [4.69, 9.17) is 4.55 Å². The normalized spacial score (nSPS) is 12.2. The van der Waals surface area contributed by atoms with Gasteiger partial charge in [-0.1, -0.05) is 0 Å². The van der Waals surface area contributed by atoms with Crippen molar-refractivity contribution < 1.29 is 17.8 Å². The van der Waals surface area contributed by atoms with E-state index in [1.807, 2.05) is 20.8 Å². The molecule has 2 amide bonds. The van der Waals surface area contributed by atoms with Gasteiger partial charge in [-0.05, 0) is 33.6 Å². The van der Waals surface area contributed by atoms with Crippen LogP contribution < -0.4 is 10.6 Å². The fourth-order valence-corrected chi connectivity index (χ4v) is 1.57. The summed E-state index contributed by atoms with van der Waals surface area (Å²) < 4.78 is 29.2. The van der Waals surface area contributed by atoms with Crippen molar-refractivity contribution in [2.45, 2.75) is 39.2 Å². The Morgan fingerprint density at radius 2 is 1.81 bits per heavy atom. The molecule has 0 heterocycles. The number of amides is 2. The number of carbonyl (C=O) groups is 1. The Kier molecular flexibility index (Phi) is 5.74. The van der Waals surface area contributed by atoms with Gasteiger partial charge < -0.3 is 10.6 Å². The highest BCUT2D eigenvalue weighted by atomic mass is 32.2. The summed E-state index contributed by atoms with van der Waals surface area (Å²) in [5.41, 5.74) is -0.293. The van der Waals surface area contributed by atoms with Crippen LogP contribution in [0.15, 0.2) is 0 Å². The molecule has 96 valence electrons. The van der Waals surface area contributed by atoms with Crippen molar-refractivity contribution in [2.24, 2.45) is 0 Å². The second-order valence-electron chi connectivity index (χ2n) is 4.62. The standard InChI is InChI=1S/C9H20N2O4S/c1-9(2,3)11-8(12)10-6-4-5-7-16(13,14)15/h4-7H2,1-3H3,(H2,10,11,12)(H,13,14,15). The maximum atomic E-state index is 11.2. The first-order valence-corrected chi connectivity index (χ1v) is 6.72. The summed E-state index contributed by atoms with van der Waals surface area (Å²) in [6, 6.07) is -0.278. The molecule has 0 aromatic rings. The number of carbonyl (C=O) groups excluding carboxylic acids is 1. The van der Waals surface area contributed by atoms with E-state index in [0.717, 1.165) is 0 Å². The van der Waals surface area contributed by atoms with Gasteiger partial charge in [0.25, 0.3) is 10.1 Å². The number of unbranched alkanes of at least 4 members (excludes halogenated alkanes) is 1. The van der Waals surface area contributed by atoms with E-state index in [9.17, 15) is 13.2 Å². The smallest absolute Gasteiger partial charge is 0.315 e. The highest BCUT2D eigenvalue weighted by molar-refractivity contribution is 7.85. The Morgan fingerprint density at radius 1 is 1.25 bits per heavy atom. The Morgan fingerprint density at radius 3 is 2.25 bits per heavy atom. The van der Waals surface area contributed by atoms with Crippen molar-refractivity contribution in [3.8, 4) is 0 Å². The maximum Gasteiger partial charge on any atom is 0.315 e. The summed E-state index contributed by atoms with van der Waals surface area (Å²) >= 11 is 0. The van der Waals surface area contributed by atoms with Crippen LogP contribution in [0.5, 0.6) is 0 Å². The molecule has 0 bridgehead atoms. The number of nitrogens with one attached hydrogen (secondary N) is 2. The highest BCUT2D eigenvalue weighted by Crippen LogP contribution is 1.97. The maximum absolute atomic E-state index is 11.2. The molecule has 0 fully saturated rings. The van der Waals surface area contributed by atoms with Gasteiger partial charge in [0.1, 0.15) is 0 Å². The quantitative estimate of drug-likeness (QED) is 0.497. The molecule has 0 rings (SSSR count). The summed E-state index contributed by atoms with van der Waals surface area (Å²) in [5, 5.41) is 5.31. The van der Waals surface area contributed by atoms with Gasteiger partial charge in [0.2, 0.25) is 0 Å². The third-order valence-corrected chi connectivity index (χ3v) is 2.41. The van der Waals surface area contributed by atoms with Gasteiger partial charge in [0.05, 0.1) is 5.75 Å². The first-order valence-electron chi connectivity index (χ1n) is 5.11. The third kappa shape index (κ3) is 11.3. The molecule has 0 unspecified atom stereocenters. The van der Waals surface area contributed by atoms with Gasteiger partial charge in [-0.25, -0.2) is 4.79 Å². The molecule has 3 N–H and O–H groups in total. The van der Waals surface area contributed by atoms with Crippen LogP contribution in [0, 0.1) is 0 Å². The van der Waals surface area contributed by atoms with Crippen LogP contribution >= 0.6 is 0 Å². The SMILES string of the molecule is CC(C)(C)NC(=O)NCCCCS(=O)(=O)O. The van der Waals surface area contributed by atoms with E-state index >= 15 is 0 Å². The topological polar surface area (TPSA) is 95.5 Å². The lowest BCUT2D eigenvalue weighted by Gasteiger charge is -2.20. The van der Waals surface area contributed by atoms with E-state index in [-0.39, 0.29) is 17.3 Å². The van der Waals surface area contributed by atoms with Gasteiger partial charge in [-0.2, -0.15) is 8.42 Å². The van der Waals surface area contributed by atoms with Crippen LogP contribution in [0.4, 0.5) is 4.79 Å². The van der Waals surface area contributed by atoms with Gasteiger partial charge >= 0.3 is 6.03 Å². The zero-order valence-corrected chi connectivity index (χ0v) is 10.7. The molecule has 0 saturated heterocycles. The second-order valence-corrected chi connectivity index (χ2v) is 6.20. The molecule has 6 nitrogen and oxygen atoms in total. The van der Waals surface area contributed by atoms with Crippen LogP contribution in [0.3, 0.4) is 0 Å². The average molecular weight is 252 g/mol. The monoisotopic (exact) mass is 252 g/mol. The second kappa shape index (κ2) is 6.05. The van der Waals surface area contributed by atoms with E-state index in [1.165, 1.54) is 0 Å². The van der Waals surface area contributed by atoms with Gasteiger partial charge in [-0.3, -0.25) is 4.55 Å². The minimum atomic E-state index is -3.88. The number of rotatable bonds is 5. The molecule has 0 aromatic heterocycles. The summed E-state index contributed by atoms with van der Waals surface area (Å²) in [7, 11) is -3.88. The largest absolute Gasteiger partial charge is 0.338 e. The predicted molar refractivity (Wildman–Crippen MR) is 61.9 cm³/mol. The Bertz CT molecular complexity index is 319. The average Bonchev–Trinajstić information content (AvgIpc) is 1.97. The van der Waals surface area contributed by atoms with Gasteiger partial charge in [-0.15, -0.1) is 0 Å². The summed E-state index contributed by atoms with van der Waals surface area (Å²) in [6.45, 7) is 5.98. The van der Waals surface area contributed by atoms with Crippen LogP contribution in [-0.2, 0) is 10.1 Å². The highest BCUT2D eigenvalue weighted by Gasteiger charge is 2.12. The lowest BCUT2D eigenvalue weighted by Crippen LogP contribution is -2.46. The summed E-state index contributed by atoms with van der Waals surface area (Å²) in [5.74, 6) is -0.268. The first-order chi connectivity index (χ1) is 7.10. The first kappa shape index (κ1) is 15.2. The van der Waals surface area contributed by atoms with Crippen molar-refractivity contribution in [3.63, 3.8) is 0 Å². The van der Waals surface area contributed by atoms with Crippen LogP contribution in [-0.4, -0.2) is 36.8 Å². The molecule has 0 aliphatic heterocycles. The zero-order valence-electron chi connectivity index (χ0n) is 9.91. The Balaban J connectivity index is 3.57. The molecule has 16 heavy (non-hydrogen) atoms. The Hall–Kier alpha value is -0.820. The molecule has 0 aliphatic rings. The molecular formula is C9H20N2O4S. The van der Waals surface area contributed by atoms with E-state index < -0.39 is 10.1 Å². The molecule has 0 radical (unpaired) electrons. The van der Waals surface area contributed by atoms with E-state index in [1.54, 1.807) is 0 Å². The zero-order chi connectivity index (χ0) is 12.8. The molecule has 0 aromatic carbocycles. The fraction of sp³-hybridized carbons (Fsp3) is 0.889. The minimum absolute atomic E-state index is 0.268. The molecule has 0 atom stereocenters. The van der Waals surface area contributed by atoms with Crippen LogP contribution in [0.25, 0.3) is 0 Å². The van der Waals surface area contributed by atoms with Gasteiger partial charge in [0.15, 0.2) is 0 Å². The van der Waals surface area contributed by atoms with E-state index in [0.29, 0.717) is 19.4 Å². The van der Waals surface area contributed by atoms with Gasteiger partial charge in [0, 0.05) is 12.1 Å². The molecule has 0 saturated carbocycles. The fourth-order valence-electron chi connectivity index (χ4n) is 0.996. The van der Waals surface area contributed by atoms with Crippen molar-refractivity contribution >= 4 is 16.1 Å². The summed E-state index contributed by atoms with van der Waals surface area (Å²) in [6.07, 6.45) is 0.839. The lowest BCUT2D eigenvalue weighted by atomic mass is 10.1.